The van der Waals surface area contributed by atoms with Gasteiger partial charge in [-0.15, -0.1) is 0 Å². The molecule has 0 amide bonds. The molecule has 1 saturated heterocycles. The van der Waals surface area contributed by atoms with Crippen LogP contribution in [-0.2, 0) is 9.53 Å². The normalized spacial score (nSPS) is 33.8. The van der Waals surface area contributed by atoms with Crippen molar-refractivity contribution in [2.24, 2.45) is 5.92 Å². The molecule has 1 heterocycles. The second-order valence-corrected chi connectivity index (χ2v) is 2.92. The molecule has 11 heavy (non-hydrogen) atoms. The summed E-state index contributed by atoms with van der Waals surface area (Å²) in [4.78, 5) is 10.8. The minimum Gasteiger partial charge on any atom is -0.462 e. The summed E-state index contributed by atoms with van der Waals surface area (Å²) in [5.74, 6) is 0.321. The molecule has 2 heteroatoms. The number of rotatable bonds is 0. The summed E-state index contributed by atoms with van der Waals surface area (Å²) in [6, 6.07) is 0. The van der Waals surface area contributed by atoms with Crippen LogP contribution in [0.4, 0.5) is 0 Å². The van der Waals surface area contributed by atoms with Crippen molar-refractivity contribution in [2.45, 2.75) is 45.6 Å². The molecular weight excluding hydrogens is 140 g/mol. The molecule has 2 nitrogen and oxygen atoms in total. The SMILES string of the molecule is CC.O=C1OC2CCCC1C2. The molecule has 0 aromatic rings. The van der Waals surface area contributed by atoms with Gasteiger partial charge < -0.3 is 4.74 Å². The van der Waals surface area contributed by atoms with Crippen LogP contribution in [0.3, 0.4) is 0 Å². The Bertz CT molecular complexity index is 142. The zero-order valence-electron chi connectivity index (χ0n) is 7.30. The third-order valence-corrected chi connectivity index (χ3v) is 2.24. The lowest BCUT2D eigenvalue weighted by molar-refractivity contribution is -0.143. The summed E-state index contributed by atoms with van der Waals surface area (Å²) in [5.41, 5.74) is 0. The summed E-state index contributed by atoms with van der Waals surface area (Å²) >= 11 is 0. The van der Waals surface area contributed by atoms with Crippen LogP contribution < -0.4 is 0 Å². The van der Waals surface area contributed by atoms with Crippen molar-refractivity contribution < 1.29 is 9.53 Å². The van der Waals surface area contributed by atoms with Crippen LogP contribution >= 0.6 is 0 Å². The number of carbonyl (C=O) groups is 1. The molecule has 0 N–H and O–H groups in total. The molecule has 1 aliphatic heterocycles. The largest absolute Gasteiger partial charge is 0.462 e. The summed E-state index contributed by atoms with van der Waals surface area (Å²) in [6.07, 6.45) is 4.63. The average Bonchev–Trinajstić information content (AvgIpc) is 2.31. The van der Waals surface area contributed by atoms with Crippen LogP contribution in [0.15, 0.2) is 0 Å². The van der Waals surface area contributed by atoms with E-state index in [1.165, 1.54) is 6.42 Å². The van der Waals surface area contributed by atoms with Crippen LogP contribution in [0.25, 0.3) is 0 Å². The molecule has 2 fully saturated rings. The fraction of sp³-hybridized carbons (Fsp3) is 0.889. The molecule has 2 atom stereocenters. The van der Waals surface area contributed by atoms with Gasteiger partial charge in [-0.25, -0.2) is 0 Å². The zero-order chi connectivity index (χ0) is 8.27. The molecule has 64 valence electrons. The lowest BCUT2D eigenvalue weighted by Crippen LogP contribution is -2.10. The molecule has 2 unspecified atom stereocenters. The molecule has 0 spiro atoms. The van der Waals surface area contributed by atoms with Crippen molar-refractivity contribution in [1.82, 2.24) is 0 Å². The van der Waals surface area contributed by atoms with Crippen LogP contribution in [0.2, 0.25) is 0 Å². The van der Waals surface area contributed by atoms with Crippen molar-refractivity contribution >= 4 is 5.97 Å². The van der Waals surface area contributed by atoms with E-state index in [4.69, 9.17) is 4.74 Å². The summed E-state index contributed by atoms with van der Waals surface area (Å²) < 4.78 is 5.05. The Hall–Kier alpha value is -0.530. The number of carbonyl (C=O) groups excluding carboxylic acids is 1. The minimum absolute atomic E-state index is 0.0532. The predicted octanol–water partition coefficient (Wildman–Crippen LogP) is 2.13. The maximum Gasteiger partial charge on any atom is 0.309 e. The van der Waals surface area contributed by atoms with E-state index in [-0.39, 0.29) is 18.0 Å². The number of ether oxygens (including phenoxy) is 1. The molecule has 0 radical (unpaired) electrons. The molecule has 1 saturated carbocycles. The maximum absolute atomic E-state index is 10.8. The molecular formula is C9H16O2. The Morgan fingerprint density at radius 1 is 1.36 bits per heavy atom. The molecule has 1 aliphatic carbocycles. The highest BCUT2D eigenvalue weighted by Crippen LogP contribution is 2.33. The van der Waals surface area contributed by atoms with E-state index in [0.717, 1.165) is 19.3 Å². The van der Waals surface area contributed by atoms with Crippen molar-refractivity contribution in [3.8, 4) is 0 Å². The van der Waals surface area contributed by atoms with Gasteiger partial charge in [0.15, 0.2) is 0 Å². The van der Waals surface area contributed by atoms with Crippen LogP contribution in [0, 0.1) is 5.92 Å². The first-order valence-corrected chi connectivity index (χ1v) is 4.57. The van der Waals surface area contributed by atoms with Crippen LogP contribution in [-0.4, -0.2) is 12.1 Å². The lowest BCUT2D eigenvalue weighted by atomic mass is 9.90. The standard InChI is InChI=1S/C7H10O2.C2H6/c8-7-5-2-1-3-6(4-5)9-7;1-2/h5-6H,1-4H2;1-2H3. The van der Waals surface area contributed by atoms with Gasteiger partial charge in [0.25, 0.3) is 0 Å². The van der Waals surface area contributed by atoms with Crippen molar-refractivity contribution in [2.75, 3.05) is 0 Å². The van der Waals surface area contributed by atoms with E-state index in [2.05, 4.69) is 0 Å². The van der Waals surface area contributed by atoms with Gasteiger partial charge in [-0.1, -0.05) is 13.8 Å². The van der Waals surface area contributed by atoms with Crippen molar-refractivity contribution in [1.29, 1.82) is 0 Å². The molecule has 2 rings (SSSR count). The fourth-order valence-corrected chi connectivity index (χ4v) is 1.73. The summed E-state index contributed by atoms with van der Waals surface area (Å²) in [6.45, 7) is 4.00. The topological polar surface area (TPSA) is 26.3 Å². The number of esters is 1. The third-order valence-electron chi connectivity index (χ3n) is 2.24. The Balaban J connectivity index is 0.000000281. The van der Waals surface area contributed by atoms with Crippen molar-refractivity contribution in [3.05, 3.63) is 0 Å². The van der Waals surface area contributed by atoms with Crippen LogP contribution in [0.5, 0.6) is 0 Å². The second-order valence-electron chi connectivity index (χ2n) is 2.92. The van der Waals surface area contributed by atoms with Crippen LogP contribution in [0.1, 0.15) is 39.5 Å². The lowest BCUT2D eigenvalue weighted by Gasteiger charge is -2.12. The van der Waals surface area contributed by atoms with E-state index < -0.39 is 0 Å². The fourth-order valence-electron chi connectivity index (χ4n) is 1.73. The number of fused-ring (bicyclic) bond motifs is 2. The summed E-state index contributed by atoms with van der Waals surface area (Å²) in [5, 5.41) is 0. The predicted molar refractivity (Wildman–Crippen MR) is 43.2 cm³/mol. The monoisotopic (exact) mass is 156 g/mol. The quantitative estimate of drug-likeness (QED) is 0.502. The van der Waals surface area contributed by atoms with Gasteiger partial charge in [0.2, 0.25) is 0 Å². The van der Waals surface area contributed by atoms with Gasteiger partial charge in [0.1, 0.15) is 6.10 Å². The average molecular weight is 156 g/mol. The van der Waals surface area contributed by atoms with Crippen molar-refractivity contribution in [3.63, 3.8) is 0 Å². The molecule has 2 aliphatic rings. The van der Waals surface area contributed by atoms with E-state index in [0.29, 0.717) is 0 Å². The van der Waals surface area contributed by atoms with E-state index in [1.807, 2.05) is 13.8 Å². The first-order chi connectivity index (χ1) is 5.36. The third kappa shape index (κ3) is 1.73. The number of hydrogen-bond acceptors (Lipinski definition) is 2. The van der Waals surface area contributed by atoms with E-state index in [1.54, 1.807) is 0 Å². The highest BCUT2D eigenvalue weighted by molar-refractivity contribution is 5.74. The van der Waals surface area contributed by atoms with Gasteiger partial charge in [0, 0.05) is 0 Å². The smallest absolute Gasteiger partial charge is 0.309 e. The maximum atomic E-state index is 10.8. The van der Waals surface area contributed by atoms with Gasteiger partial charge in [-0.2, -0.15) is 0 Å². The Morgan fingerprint density at radius 2 is 2.09 bits per heavy atom. The Labute approximate surface area is 67.9 Å². The highest BCUT2D eigenvalue weighted by Gasteiger charge is 2.37. The van der Waals surface area contributed by atoms with Gasteiger partial charge in [-0.05, 0) is 25.7 Å². The second kappa shape index (κ2) is 3.74. The first kappa shape index (κ1) is 8.57. The number of hydrogen-bond donors (Lipinski definition) is 0. The van der Waals surface area contributed by atoms with E-state index in [9.17, 15) is 4.79 Å². The zero-order valence-corrected chi connectivity index (χ0v) is 7.30. The van der Waals surface area contributed by atoms with Gasteiger partial charge in [0.05, 0.1) is 5.92 Å². The minimum atomic E-state index is 0.0532. The summed E-state index contributed by atoms with van der Waals surface area (Å²) in [7, 11) is 0. The van der Waals surface area contributed by atoms with E-state index >= 15 is 0 Å². The Kier molecular flexibility index (Phi) is 2.92. The molecule has 2 bridgehead atoms. The Morgan fingerprint density at radius 3 is 2.64 bits per heavy atom. The molecule has 0 aromatic carbocycles. The van der Waals surface area contributed by atoms with Gasteiger partial charge in [-0.3, -0.25) is 4.79 Å². The highest BCUT2D eigenvalue weighted by atomic mass is 16.6. The van der Waals surface area contributed by atoms with Gasteiger partial charge >= 0.3 is 5.97 Å². The first-order valence-electron chi connectivity index (χ1n) is 4.57. The molecule has 0 aromatic heterocycles.